The smallest absolute Gasteiger partial charge is 0.151 e. The van der Waals surface area contributed by atoms with Crippen LogP contribution in [-0.4, -0.2) is 18.8 Å². The molecule has 0 bridgehead atoms. The van der Waals surface area contributed by atoms with Crippen molar-refractivity contribution in [1.29, 1.82) is 0 Å². The van der Waals surface area contributed by atoms with Gasteiger partial charge in [0.15, 0.2) is 5.60 Å². The van der Waals surface area contributed by atoms with Crippen molar-refractivity contribution in [3.8, 4) is 11.5 Å². The molecule has 0 aromatic heterocycles. The number of allylic oxidation sites excluding steroid dienone is 1. The number of hydrogen-bond acceptors (Lipinski definition) is 1. The summed E-state index contributed by atoms with van der Waals surface area (Å²) in [6.07, 6.45) is 6.88. The molecule has 0 spiro atoms. The third-order valence-electron chi connectivity index (χ3n) is 5.91. The van der Waals surface area contributed by atoms with E-state index in [9.17, 15) is 5.11 Å². The summed E-state index contributed by atoms with van der Waals surface area (Å²) in [7, 11) is -1.49. The van der Waals surface area contributed by atoms with Crippen LogP contribution < -0.4 is 0 Å². The second-order valence-corrected chi connectivity index (χ2v) is 13.9. The van der Waals surface area contributed by atoms with Gasteiger partial charge >= 0.3 is 0 Å². The molecule has 2 rings (SSSR count). The van der Waals surface area contributed by atoms with E-state index in [1.54, 1.807) is 0 Å². The van der Waals surface area contributed by atoms with Crippen LogP contribution in [0.5, 0.6) is 0 Å². The number of hydrogen-bond donors (Lipinski definition) is 1. The fraction of sp³-hybridized carbons (Fsp3) is 0.789. The Morgan fingerprint density at radius 3 is 2.38 bits per heavy atom. The van der Waals surface area contributed by atoms with Gasteiger partial charge < -0.3 is 5.11 Å². The van der Waals surface area contributed by atoms with Gasteiger partial charge in [-0.25, -0.2) is 0 Å². The second-order valence-electron chi connectivity index (χ2n) is 9.15. The van der Waals surface area contributed by atoms with E-state index in [1.807, 2.05) is 0 Å². The van der Waals surface area contributed by atoms with Crippen LogP contribution in [0.4, 0.5) is 0 Å². The molecule has 21 heavy (non-hydrogen) atoms. The second kappa shape index (κ2) is 5.00. The third kappa shape index (κ3) is 2.75. The van der Waals surface area contributed by atoms with E-state index in [4.69, 9.17) is 0 Å². The summed E-state index contributed by atoms with van der Waals surface area (Å²) in [5.74, 6) is 3.88. The predicted octanol–water partition coefficient (Wildman–Crippen LogP) is 4.78. The van der Waals surface area contributed by atoms with Crippen LogP contribution in [0.3, 0.4) is 0 Å². The van der Waals surface area contributed by atoms with Crippen molar-refractivity contribution in [2.45, 2.75) is 78.6 Å². The predicted molar refractivity (Wildman–Crippen MR) is 93.7 cm³/mol. The lowest BCUT2D eigenvalue weighted by Gasteiger charge is -2.58. The van der Waals surface area contributed by atoms with Gasteiger partial charge in [-0.2, -0.15) is 0 Å². The molecule has 1 unspecified atom stereocenters. The molecule has 2 heteroatoms. The number of rotatable bonds is 0. The van der Waals surface area contributed by atoms with Gasteiger partial charge in [-0.3, -0.25) is 0 Å². The van der Waals surface area contributed by atoms with Crippen molar-refractivity contribution in [3.05, 3.63) is 11.6 Å². The first-order chi connectivity index (χ1) is 9.42. The first kappa shape index (κ1) is 16.8. The Morgan fingerprint density at radius 1 is 1.19 bits per heavy atom. The van der Waals surface area contributed by atoms with Gasteiger partial charge in [0.05, 0.1) is 0 Å². The summed E-state index contributed by atoms with van der Waals surface area (Å²) in [5.41, 5.74) is 3.76. The SMILES string of the molecule is CC1=CC[C@H]2C(C)(C)CCC[C@]2(C)C1(O)C#C[Si](C)(C)C. The fourth-order valence-corrected chi connectivity index (χ4v) is 5.10. The Bertz CT molecular complexity index is 514. The Labute approximate surface area is 132 Å². The summed E-state index contributed by atoms with van der Waals surface area (Å²) < 4.78 is 0. The maximum atomic E-state index is 11.6. The normalized spacial score (nSPS) is 38.9. The molecule has 0 radical (unpaired) electrons. The lowest BCUT2D eigenvalue weighted by atomic mass is 9.47. The highest BCUT2D eigenvalue weighted by atomic mass is 28.3. The number of aliphatic hydroxyl groups is 1. The van der Waals surface area contributed by atoms with Crippen LogP contribution in [0.1, 0.15) is 53.4 Å². The van der Waals surface area contributed by atoms with E-state index in [1.165, 1.54) is 12.8 Å². The Kier molecular flexibility index (Phi) is 4.01. The zero-order valence-corrected chi connectivity index (χ0v) is 15.9. The minimum absolute atomic E-state index is 0.111. The van der Waals surface area contributed by atoms with Gasteiger partial charge in [0.25, 0.3) is 0 Å². The highest BCUT2D eigenvalue weighted by Gasteiger charge is 2.58. The third-order valence-corrected chi connectivity index (χ3v) is 6.78. The molecule has 0 aromatic carbocycles. The van der Waals surface area contributed by atoms with Crippen LogP contribution in [0, 0.1) is 28.2 Å². The molecular formula is C19H32OSi. The van der Waals surface area contributed by atoms with Gasteiger partial charge in [-0.1, -0.05) is 58.8 Å². The van der Waals surface area contributed by atoms with E-state index < -0.39 is 13.7 Å². The lowest BCUT2D eigenvalue weighted by Crippen LogP contribution is -2.58. The van der Waals surface area contributed by atoms with Crippen molar-refractivity contribution in [1.82, 2.24) is 0 Å². The van der Waals surface area contributed by atoms with Gasteiger partial charge in [-0.05, 0) is 43.1 Å². The minimum Gasteiger partial charge on any atom is -0.373 e. The molecular weight excluding hydrogens is 272 g/mol. The van der Waals surface area contributed by atoms with Crippen molar-refractivity contribution >= 4 is 8.07 Å². The average molecular weight is 305 g/mol. The molecule has 118 valence electrons. The van der Waals surface area contributed by atoms with Crippen molar-refractivity contribution in [2.24, 2.45) is 16.7 Å². The molecule has 1 N–H and O–H groups in total. The van der Waals surface area contributed by atoms with Crippen LogP contribution in [0.25, 0.3) is 0 Å². The van der Waals surface area contributed by atoms with Gasteiger partial charge in [0.1, 0.15) is 8.07 Å². The van der Waals surface area contributed by atoms with E-state index in [0.29, 0.717) is 11.3 Å². The zero-order chi connectivity index (χ0) is 16.1. The van der Waals surface area contributed by atoms with Crippen molar-refractivity contribution in [3.63, 3.8) is 0 Å². The summed E-state index contributed by atoms with van der Waals surface area (Å²) in [5, 5.41) is 11.6. The van der Waals surface area contributed by atoms with E-state index in [-0.39, 0.29) is 5.41 Å². The standard InChI is InChI=1S/C19H32OSi/c1-15-9-10-16-17(2,3)11-8-12-18(16,4)19(15,20)13-14-21(5,6)7/h9,16,20H,8,10-12H2,1-7H3/t16-,18-,19?/m0/s1. The van der Waals surface area contributed by atoms with Crippen LogP contribution in [0.15, 0.2) is 11.6 Å². The van der Waals surface area contributed by atoms with Crippen LogP contribution in [0.2, 0.25) is 19.6 Å². The monoisotopic (exact) mass is 304 g/mol. The fourth-order valence-electron chi connectivity index (χ4n) is 4.55. The Morgan fingerprint density at radius 2 is 1.81 bits per heavy atom. The minimum atomic E-state index is -1.49. The highest BCUT2D eigenvalue weighted by Crippen LogP contribution is 2.60. The Balaban J connectivity index is 2.55. The van der Waals surface area contributed by atoms with E-state index >= 15 is 0 Å². The van der Waals surface area contributed by atoms with E-state index in [0.717, 1.165) is 18.4 Å². The summed E-state index contributed by atoms with van der Waals surface area (Å²) in [6, 6.07) is 0. The first-order valence-electron chi connectivity index (χ1n) is 8.36. The van der Waals surface area contributed by atoms with Crippen LogP contribution >= 0.6 is 0 Å². The topological polar surface area (TPSA) is 20.2 Å². The molecule has 0 saturated heterocycles. The average Bonchev–Trinajstić information content (AvgIpc) is 2.31. The quantitative estimate of drug-likeness (QED) is 0.388. The molecule has 0 aromatic rings. The van der Waals surface area contributed by atoms with Crippen molar-refractivity contribution in [2.75, 3.05) is 0 Å². The molecule has 1 fully saturated rings. The van der Waals surface area contributed by atoms with Crippen molar-refractivity contribution < 1.29 is 5.11 Å². The summed E-state index contributed by atoms with van der Waals surface area (Å²) in [4.78, 5) is 0. The molecule has 0 amide bonds. The molecule has 2 aliphatic rings. The molecule has 1 saturated carbocycles. The molecule has 0 aliphatic heterocycles. The molecule has 3 atom stereocenters. The van der Waals surface area contributed by atoms with Gasteiger partial charge in [0, 0.05) is 5.41 Å². The molecule has 0 heterocycles. The zero-order valence-electron chi connectivity index (χ0n) is 14.9. The van der Waals surface area contributed by atoms with E-state index in [2.05, 4.69) is 64.9 Å². The molecule has 1 nitrogen and oxygen atoms in total. The maximum absolute atomic E-state index is 11.6. The number of fused-ring (bicyclic) bond motifs is 1. The maximum Gasteiger partial charge on any atom is 0.151 e. The molecule has 2 aliphatic carbocycles. The lowest BCUT2D eigenvalue weighted by molar-refractivity contribution is -0.112. The van der Waals surface area contributed by atoms with Gasteiger partial charge in [0.2, 0.25) is 0 Å². The highest BCUT2D eigenvalue weighted by molar-refractivity contribution is 6.83. The summed E-state index contributed by atoms with van der Waals surface area (Å²) in [6.45, 7) is 15.8. The summed E-state index contributed by atoms with van der Waals surface area (Å²) >= 11 is 0. The largest absolute Gasteiger partial charge is 0.373 e. The Hall–Kier alpha value is -0.523. The van der Waals surface area contributed by atoms with Gasteiger partial charge in [-0.15, -0.1) is 5.54 Å². The first-order valence-corrected chi connectivity index (χ1v) is 11.9. The van der Waals surface area contributed by atoms with Crippen LogP contribution in [-0.2, 0) is 0 Å².